The normalized spacial score (nSPS) is 11.2. The van der Waals surface area contributed by atoms with Crippen LogP contribution in [0.4, 0.5) is 11.4 Å². The highest BCUT2D eigenvalue weighted by Gasteiger charge is 2.17. The fraction of sp³-hybridized carbons (Fsp3) is 0.263. The summed E-state index contributed by atoms with van der Waals surface area (Å²) in [4.78, 5) is 25.1. The molecule has 0 spiro atoms. The Bertz CT molecular complexity index is 990. The largest absolute Gasteiger partial charge is 0.352 e. The third-order valence-electron chi connectivity index (χ3n) is 3.60. The molecular weight excluding hydrogens is 402 g/mol. The number of carbonyl (C=O) groups excluding carboxylic acids is 2. The van der Waals surface area contributed by atoms with Crippen molar-refractivity contribution in [3.05, 3.63) is 58.6 Å². The number of para-hydroxylation sites is 1. The third-order valence-corrected chi connectivity index (χ3v) is 4.54. The summed E-state index contributed by atoms with van der Waals surface area (Å²) in [6, 6.07) is 10.8. The number of benzene rings is 2. The maximum atomic E-state index is 12.7. The highest BCUT2D eigenvalue weighted by molar-refractivity contribution is 7.92. The molecule has 0 aliphatic heterocycles. The highest BCUT2D eigenvalue weighted by atomic mass is 35.5. The smallest absolute Gasteiger partial charge is 0.257 e. The second-order valence-electron chi connectivity index (χ2n) is 6.67. The van der Waals surface area contributed by atoms with Crippen LogP contribution in [0.2, 0.25) is 5.02 Å². The van der Waals surface area contributed by atoms with Crippen molar-refractivity contribution in [3.63, 3.8) is 0 Å². The molecule has 2 aromatic carbocycles. The van der Waals surface area contributed by atoms with Gasteiger partial charge in [-0.15, -0.1) is 0 Å². The summed E-state index contributed by atoms with van der Waals surface area (Å²) in [5, 5.41) is 5.62. The highest BCUT2D eigenvalue weighted by Crippen LogP contribution is 2.23. The van der Waals surface area contributed by atoms with Crippen molar-refractivity contribution in [1.82, 2.24) is 5.32 Å². The Morgan fingerprint density at radius 3 is 2.36 bits per heavy atom. The van der Waals surface area contributed by atoms with E-state index < -0.39 is 15.9 Å². The number of hydrogen-bond donors (Lipinski definition) is 3. The molecule has 0 heterocycles. The Balaban J connectivity index is 2.26. The monoisotopic (exact) mass is 423 g/mol. The Hall–Kier alpha value is -2.58. The summed E-state index contributed by atoms with van der Waals surface area (Å²) in [6.07, 6.45) is 1.01. The average molecular weight is 424 g/mol. The van der Waals surface area contributed by atoms with Crippen molar-refractivity contribution >= 4 is 44.8 Å². The predicted molar refractivity (Wildman–Crippen MR) is 111 cm³/mol. The second-order valence-corrected chi connectivity index (χ2v) is 8.83. The number of amides is 2. The maximum Gasteiger partial charge on any atom is 0.257 e. The predicted octanol–water partition coefficient (Wildman–Crippen LogP) is 3.35. The summed E-state index contributed by atoms with van der Waals surface area (Å²) >= 11 is 6.10. The van der Waals surface area contributed by atoms with Crippen LogP contribution in [0.1, 0.15) is 34.6 Å². The lowest BCUT2D eigenvalue weighted by Gasteiger charge is -2.13. The lowest BCUT2D eigenvalue weighted by molar-refractivity contribution is 0.0950. The van der Waals surface area contributed by atoms with Crippen molar-refractivity contribution < 1.29 is 18.0 Å². The Kier molecular flexibility index (Phi) is 7.04. The lowest BCUT2D eigenvalue weighted by atomic mass is 10.1. The fourth-order valence-electron chi connectivity index (χ4n) is 2.35. The molecule has 9 heteroatoms. The minimum atomic E-state index is -3.50. The van der Waals surface area contributed by atoms with Crippen LogP contribution in [-0.4, -0.2) is 33.0 Å². The van der Waals surface area contributed by atoms with E-state index >= 15 is 0 Å². The number of halogens is 1. The molecule has 0 unspecified atom stereocenters. The van der Waals surface area contributed by atoms with Gasteiger partial charge in [0.05, 0.1) is 28.1 Å². The SMILES string of the molecule is CC(C)CNC(=O)c1ccccc1NC(=O)c1cc(NS(C)(=O)=O)ccc1Cl. The Morgan fingerprint density at radius 2 is 1.71 bits per heavy atom. The summed E-state index contributed by atoms with van der Waals surface area (Å²) in [7, 11) is -3.50. The molecule has 2 aromatic rings. The van der Waals surface area contributed by atoms with Crippen LogP contribution in [0.5, 0.6) is 0 Å². The van der Waals surface area contributed by atoms with E-state index in [0.717, 1.165) is 6.26 Å². The van der Waals surface area contributed by atoms with Gasteiger partial charge in [-0.25, -0.2) is 8.42 Å². The molecule has 0 saturated heterocycles. The van der Waals surface area contributed by atoms with Crippen molar-refractivity contribution in [3.8, 4) is 0 Å². The first-order valence-corrected chi connectivity index (χ1v) is 10.8. The van der Waals surface area contributed by atoms with E-state index in [1.807, 2.05) is 13.8 Å². The summed E-state index contributed by atoms with van der Waals surface area (Å²) in [5.74, 6) is -0.580. The van der Waals surface area contributed by atoms with E-state index in [0.29, 0.717) is 17.8 Å². The van der Waals surface area contributed by atoms with E-state index in [1.165, 1.54) is 18.2 Å². The zero-order chi connectivity index (χ0) is 20.9. The first-order chi connectivity index (χ1) is 13.1. The van der Waals surface area contributed by atoms with Gasteiger partial charge < -0.3 is 10.6 Å². The zero-order valence-corrected chi connectivity index (χ0v) is 17.3. The van der Waals surface area contributed by atoms with Crippen LogP contribution in [0.3, 0.4) is 0 Å². The van der Waals surface area contributed by atoms with Gasteiger partial charge in [0.25, 0.3) is 11.8 Å². The molecule has 7 nitrogen and oxygen atoms in total. The number of anilines is 2. The van der Waals surface area contributed by atoms with Crippen LogP contribution < -0.4 is 15.4 Å². The van der Waals surface area contributed by atoms with E-state index in [2.05, 4.69) is 15.4 Å². The molecule has 0 aliphatic carbocycles. The standard InChI is InChI=1S/C19H22ClN3O4S/c1-12(2)11-21-18(24)14-6-4-5-7-17(14)22-19(25)15-10-13(8-9-16(15)20)23-28(3,26)27/h4-10,12,23H,11H2,1-3H3,(H,21,24)(H,22,25). The van der Waals surface area contributed by atoms with Crippen LogP contribution >= 0.6 is 11.6 Å². The molecule has 150 valence electrons. The summed E-state index contributed by atoms with van der Waals surface area (Å²) < 4.78 is 25.1. The van der Waals surface area contributed by atoms with E-state index in [9.17, 15) is 18.0 Å². The van der Waals surface area contributed by atoms with Gasteiger partial charge in [0.1, 0.15) is 0 Å². The Morgan fingerprint density at radius 1 is 1.04 bits per heavy atom. The van der Waals surface area contributed by atoms with E-state index in [-0.39, 0.29) is 28.1 Å². The molecule has 2 rings (SSSR count). The van der Waals surface area contributed by atoms with Gasteiger partial charge in [-0.3, -0.25) is 14.3 Å². The molecule has 3 N–H and O–H groups in total. The first-order valence-electron chi connectivity index (χ1n) is 8.52. The summed E-state index contributed by atoms with van der Waals surface area (Å²) in [6.45, 7) is 4.47. The molecule has 2 amide bonds. The fourth-order valence-corrected chi connectivity index (χ4v) is 3.11. The minimum absolute atomic E-state index is 0.0766. The van der Waals surface area contributed by atoms with Gasteiger partial charge in [0.15, 0.2) is 0 Å². The average Bonchev–Trinajstić information content (AvgIpc) is 2.60. The third kappa shape index (κ3) is 6.24. The molecule has 0 saturated carbocycles. The molecule has 0 atom stereocenters. The Labute approximate surface area is 169 Å². The van der Waals surface area contributed by atoms with E-state index in [4.69, 9.17) is 11.6 Å². The van der Waals surface area contributed by atoms with Gasteiger partial charge >= 0.3 is 0 Å². The molecule has 0 aromatic heterocycles. The molecule has 0 bridgehead atoms. The van der Waals surface area contributed by atoms with Crippen LogP contribution in [0.25, 0.3) is 0 Å². The molecular formula is C19H22ClN3O4S. The zero-order valence-electron chi connectivity index (χ0n) is 15.7. The molecule has 0 radical (unpaired) electrons. The van der Waals surface area contributed by atoms with Crippen molar-refractivity contribution in [2.75, 3.05) is 22.8 Å². The maximum absolute atomic E-state index is 12.7. The number of hydrogen-bond acceptors (Lipinski definition) is 4. The second kappa shape index (κ2) is 9.07. The number of carbonyl (C=O) groups is 2. The van der Waals surface area contributed by atoms with E-state index in [1.54, 1.807) is 24.3 Å². The quantitative estimate of drug-likeness (QED) is 0.635. The molecule has 0 aliphatic rings. The van der Waals surface area contributed by atoms with Gasteiger partial charge in [-0.05, 0) is 36.2 Å². The van der Waals surface area contributed by atoms with Crippen molar-refractivity contribution in [2.24, 2.45) is 5.92 Å². The number of sulfonamides is 1. The van der Waals surface area contributed by atoms with Crippen LogP contribution in [0, 0.1) is 5.92 Å². The van der Waals surface area contributed by atoms with Crippen molar-refractivity contribution in [1.29, 1.82) is 0 Å². The van der Waals surface area contributed by atoms with Gasteiger partial charge in [0.2, 0.25) is 10.0 Å². The molecule has 0 fully saturated rings. The van der Waals surface area contributed by atoms with Gasteiger partial charge in [-0.1, -0.05) is 37.6 Å². The minimum Gasteiger partial charge on any atom is -0.352 e. The summed E-state index contributed by atoms with van der Waals surface area (Å²) in [5.41, 5.74) is 0.928. The van der Waals surface area contributed by atoms with Crippen LogP contribution in [-0.2, 0) is 10.0 Å². The lowest BCUT2D eigenvalue weighted by Crippen LogP contribution is -2.28. The number of rotatable bonds is 7. The van der Waals surface area contributed by atoms with Gasteiger partial charge in [-0.2, -0.15) is 0 Å². The van der Waals surface area contributed by atoms with Gasteiger partial charge in [0, 0.05) is 12.2 Å². The van der Waals surface area contributed by atoms with Crippen molar-refractivity contribution in [2.45, 2.75) is 13.8 Å². The molecule has 28 heavy (non-hydrogen) atoms. The topological polar surface area (TPSA) is 104 Å². The first kappa shape index (κ1) is 21.7. The van der Waals surface area contributed by atoms with Crippen LogP contribution in [0.15, 0.2) is 42.5 Å². The number of nitrogens with one attached hydrogen (secondary N) is 3.